The third-order valence-electron chi connectivity index (χ3n) is 2.72. The Labute approximate surface area is 121 Å². The molecule has 0 unspecified atom stereocenters. The Morgan fingerprint density at radius 2 is 1.80 bits per heavy atom. The van der Waals surface area contributed by atoms with E-state index in [1.54, 1.807) is 0 Å². The number of hydrogen-bond acceptors (Lipinski definition) is 3. The van der Waals surface area contributed by atoms with Crippen LogP contribution in [0.4, 0.5) is 0 Å². The summed E-state index contributed by atoms with van der Waals surface area (Å²) in [6.07, 6.45) is 1.11. The van der Waals surface area contributed by atoms with Crippen molar-refractivity contribution < 1.29 is 13.2 Å². The van der Waals surface area contributed by atoms with Crippen molar-refractivity contribution in [1.82, 2.24) is 9.62 Å². The van der Waals surface area contributed by atoms with Crippen molar-refractivity contribution in [2.75, 3.05) is 12.8 Å². The van der Waals surface area contributed by atoms with Crippen LogP contribution in [0.3, 0.4) is 0 Å². The lowest BCUT2D eigenvalue weighted by Gasteiger charge is -2.20. The third kappa shape index (κ3) is 5.71. The predicted molar refractivity (Wildman–Crippen MR) is 79.7 cm³/mol. The Morgan fingerprint density at radius 3 is 2.25 bits per heavy atom. The minimum atomic E-state index is -3.43. The molecule has 0 heterocycles. The van der Waals surface area contributed by atoms with Crippen LogP contribution >= 0.6 is 0 Å². The molecule has 6 heteroatoms. The average molecular weight is 298 g/mol. The molecule has 20 heavy (non-hydrogen) atoms. The maximum atomic E-state index is 11.8. The van der Waals surface area contributed by atoms with Crippen molar-refractivity contribution in [3.63, 3.8) is 0 Å². The van der Waals surface area contributed by atoms with Gasteiger partial charge in [0.15, 0.2) is 0 Å². The molecule has 0 saturated heterocycles. The summed E-state index contributed by atoms with van der Waals surface area (Å²) < 4.78 is 24.7. The molecule has 1 amide bonds. The van der Waals surface area contributed by atoms with E-state index in [9.17, 15) is 13.2 Å². The quantitative estimate of drug-likeness (QED) is 0.860. The fourth-order valence-electron chi connectivity index (χ4n) is 1.72. The highest BCUT2D eigenvalue weighted by molar-refractivity contribution is 7.88. The van der Waals surface area contributed by atoms with Crippen LogP contribution in [0.5, 0.6) is 0 Å². The van der Waals surface area contributed by atoms with Gasteiger partial charge < -0.3 is 5.32 Å². The van der Waals surface area contributed by atoms with Crippen LogP contribution in [0.1, 0.15) is 25.0 Å². The van der Waals surface area contributed by atoms with Gasteiger partial charge in [0, 0.05) is 12.6 Å². The lowest BCUT2D eigenvalue weighted by Crippen LogP contribution is -2.42. The van der Waals surface area contributed by atoms with Gasteiger partial charge in [0.2, 0.25) is 15.9 Å². The fraction of sp³-hybridized carbons (Fsp3) is 0.500. The van der Waals surface area contributed by atoms with Crippen molar-refractivity contribution in [3.8, 4) is 0 Å². The summed E-state index contributed by atoms with van der Waals surface area (Å²) in [5.41, 5.74) is 1.97. The first kappa shape index (κ1) is 16.7. The van der Waals surface area contributed by atoms with Crippen LogP contribution in [0.2, 0.25) is 0 Å². The smallest absolute Gasteiger partial charge is 0.235 e. The number of nitrogens with zero attached hydrogens (tertiary/aromatic N) is 1. The van der Waals surface area contributed by atoms with Crippen LogP contribution in [-0.4, -0.2) is 37.5 Å². The SMILES string of the molecule is Cc1ccc(CN(CC(=O)NC(C)C)S(C)(=O)=O)cc1. The highest BCUT2D eigenvalue weighted by atomic mass is 32.2. The number of rotatable bonds is 6. The standard InChI is InChI=1S/C14H22N2O3S/c1-11(2)15-14(17)10-16(20(4,18)19)9-13-7-5-12(3)6-8-13/h5-8,11H,9-10H2,1-4H3,(H,15,17). The van der Waals surface area contributed by atoms with Crippen molar-refractivity contribution in [2.45, 2.75) is 33.4 Å². The molecule has 112 valence electrons. The highest BCUT2D eigenvalue weighted by Crippen LogP contribution is 2.09. The number of sulfonamides is 1. The van der Waals surface area contributed by atoms with Crippen LogP contribution in [0.25, 0.3) is 0 Å². The molecule has 5 nitrogen and oxygen atoms in total. The topological polar surface area (TPSA) is 66.5 Å². The van der Waals surface area contributed by atoms with Gasteiger partial charge in [-0.2, -0.15) is 4.31 Å². The number of aryl methyl sites for hydroxylation is 1. The van der Waals surface area contributed by atoms with Crippen molar-refractivity contribution in [3.05, 3.63) is 35.4 Å². The number of hydrogen-bond donors (Lipinski definition) is 1. The van der Waals surface area contributed by atoms with Crippen molar-refractivity contribution >= 4 is 15.9 Å². The Balaban J connectivity index is 2.80. The van der Waals surface area contributed by atoms with Gasteiger partial charge in [0.05, 0.1) is 12.8 Å². The first-order chi connectivity index (χ1) is 9.18. The van der Waals surface area contributed by atoms with E-state index in [0.717, 1.165) is 17.4 Å². The predicted octanol–water partition coefficient (Wildman–Crippen LogP) is 1.28. The summed E-state index contributed by atoms with van der Waals surface area (Å²) in [7, 11) is -3.43. The largest absolute Gasteiger partial charge is 0.353 e. The second kappa shape index (κ2) is 6.85. The molecule has 0 aromatic heterocycles. The van der Waals surface area contributed by atoms with Gasteiger partial charge >= 0.3 is 0 Å². The zero-order valence-corrected chi connectivity index (χ0v) is 13.2. The summed E-state index contributed by atoms with van der Waals surface area (Å²) in [5.74, 6) is -0.294. The van der Waals surface area contributed by atoms with Gasteiger partial charge in [0.1, 0.15) is 0 Å². The van der Waals surface area contributed by atoms with Crippen molar-refractivity contribution in [1.29, 1.82) is 0 Å². The Hall–Kier alpha value is -1.40. The molecule has 1 aromatic rings. The third-order valence-corrected chi connectivity index (χ3v) is 3.91. The second-order valence-corrected chi connectivity index (χ2v) is 7.22. The number of benzene rings is 1. The Morgan fingerprint density at radius 1 is 1.25 bits per heavy atom. The number of nitrogens with one attached hydrogen (secondary N) is 1. The molecule has 0 bridgehead atoms. The van der Waals surface area contributed by atoms with Gasteiger partial charge in [-0.15, -0.1) is 0 Å². The summed E-state index contributed by atoms with van der Waals surface area (Å²) in [6, 6.07) is 7.57. The summed E-state index contributed by atoms with van der Waals surface area (Å²) >= 11 is 0. The Kier molecular flexibility index (Phi) is 5.71. The van der Waals surface area contributed by atoms with E-state index in [1.165, 1.54) is 4.31 Å². The van der Waals surface area contributed by atoms with E-state index in [4.69, 9.17) is 0 Å². The number of carbonyl (C=O) groups excluding carboxylic acids is 1. The van der Waals surface area contributed by atoms with Gasteiger partial charge in [-0.25, -0.2) is 8.42 Å². The molecule has 0 atom stereocenters. The molecule has 0 spiro atoms. The molecule has 0 saturated carbocycles. The molecule has 1 rings (SSSR count). The first-order valence-electron chi connectivity index (χ1n) is 6.48. The summed E-state index contributed by atoms with van der Waals surface area (Å²) in [4.78, 5) is 11.7. The summed E-state index contributed by atoms with van der Waals surface area (Å²) in [6.45, 7) is 5.68. The zero-order valence-electron chi connectivity index (χ0n) is 12.4. The fourth-order valence-corrected chi connectivity index (χ4v) is 2.45. The van der Waals surface area contributed by atoms with Crippen molar-refractivity contribution in [2.24, 2.45) is 0 Å². The second-order valence-electron chi connectivity index (χ2n) is 5.24. The molecule has 1 N–H and O–H groups in total. The zero-order chi connectivity index (χ0) is 15.3. The van der Waals surface area contributed by atoms with E-state index >= 15 is 0 Å². The van der Waals surface area contributed by atoms with Crippen LogP contribution in [0.15, 0.2) is 24.3 Å². The van der Waals surface area contributed by atoms with E-state index < -0.39 is 10.0 Å². The van der Waals surface area contributed by atoms with E-state index in [2.05, 4.69) is 5.32 Å². The number of carbonyl (C=O) groups is 1. The molecule has 0 radical (unpaired) electrons. The first-order valence-corrected chi connectivity index (χ1v) is 8.33. The van der Waals surface area contributed by atoms with Crippen LogP contribution in [0, 0.1) is 6.92 Å². The minimum Gasteiger partial charge on any atom is -0.353 e. The maximum Gasteiger partial charge on any atom is 0.235 e. The van der Waals surface area contributed by atoms with Crippen LogP contribution in [-0.2, 0) is 21.4 Å². The van der Waals surface area contributed by atoms with Crippen LogP contribution < -0.4 is 5.32 Å². The van der Waals surface area contributed by atoms with E-state index in [1.807, 2.05) is 45.0 Å². The normalized spacial score (nSPS) is 11.9. The number of amides is 1. The molecular weight excluding hydrogens is 276 g/mol. The molecule has 0 fully saturated rings. The molecule has 1 aromatic carbocycles. The molecular formula is C14H22N2O3S. The minimum absolute atomic E-state index is 0.0108. The monoisotopic (exact) mass is 298 g/mol. The van der Waals surface area contributed by atoms with E-state index in [-0.39, 0.29) is 25.0 Å². The summed E-state index contributed by atoms with van der Waals surface area (Å²) in [5, 5.41) is 2.70. The Bertz CT molecular complexity index is 550. The molecule has 0 aliphatic rings. The van der Waals surface area contributed by atoms with Gasteiger partial charge in [-0.3, -0.25) is 4.79 Å². The van der Waals surface area contributed by atoms with Gasteiger partial charge in [0.25, 0.3) is 0 Å². The average Bonchev–Trinajstić information content (AvgIpc) is 2.28. The van der Waals surface area contributed by atoms with Gasteiger partial charge in [-0.1, -0.05) is 29.8 Å². The molecule has 0 aliphatic carbocycles. The molecule has 0 aliphatic heterocycles. The maximum absolute atomic E-state index is 11.8. The highest BCUT2D eigenvalue weighted by Gasteiger charge is 2.20. The van der Waals surface area contributed by atoms with E-state index in [0.29, 0.717) is 0 Å². The lowest BCUT2D eigenvalue weighted by atomic mass is 10.1. The lowest BCUT2D eigenvalue weighted by molar-refractivity contribution is -0.121. The van der Waals surface area contributed by atoms with Gasteiger partial charge in [-0.05, 0) is 26.3 Å².